The number of aromatic nitrogens is 3. The van der Waals surface area contributed by atoms with Crippen LogP contribution in [0, 0.1) is 0 Å². The Bertz CT molecular complexity index is 2760. The van der Waals surface area contributed by atoms with Gasteiger partial charge in [0.15, 0.2) is 11.4 Å². The highest BCUT2D eigenvalue weighted by atomic mass is 32.1. The summed E-state index contributed by atoms with van der Waals surface area (Å²) >= 11 is 1.85. The molecular weight excluding hydrogens is 571 g/mol. The molecule has 4 heterocycles. The fourth-order valence-corrected chi connectivity index (χ4v) is 7.86. The van der Waals surface area contributed by atoms with Crippen LogP contribution in [0.2, 0.25) is 0 Å². The van der Waals surface area contributed by atoms with Crippen molar-refractivity contribution < 1.29 is 4.42 Å². The molecule has 0 unspecified atom stereocenters. The largest absolute Gasteiger partial charge is 0.452 e. The molecule has 0 saturated heterocycles. The van der Waals surface area contributed by atoms with Gasteiger partial charge in [-0.25, -0.2) is 9.97 Å². The van der Waals surface area contributed by atoms with Crippen molar-refractivity contribution in [1.29, 1.82) is 0 Å². The summed E-state index contributed by atoms with van der Waals surface area (Å²) in [5, 5.41) is 6.07. The minimum Gasteiger partial charge on any atom is -0.452 e. The first kappa shape index (κ1) is 24.6. The third kappa shape index (κ3) is 3.65. The van der Waals surface area contributed by atoms with E-state index in [2.05, 4.69) is 95.6 Å². The van der Waals surface area contributed by atoms with Gasteiger partial charge in [-0.1, -0.05) is 97.1 Å². The Kier molecular flexibility index (Phi) is 5.12. The molecule has 0 amide bonds. The molecule has 0 radical (unpaired) electrons. The number of benzene rings is 6. The van der Waals surface area contributed by atoms with Crippen LogP contribution < -0.4 is 0 Å². The molecular formula is C40H23N3OS. The minimum absolute atomic E-state index is 0.684. The van der Waals surface area contributed by atoms with Crippen LogP contribution in [0.5, 0.6) is 0 Å². The molecule has 5 heteroatoms. The van der Waals surface area contributed by atoms with Crippen molar-refractivity contribution in [3.63, 3.8) is 0 Å². The van der Waals surface area contributed by atoms with Crippen LogP contribution in [0.3, 0.4) is 0 Å². The van der Waals surface area contributed by atoms with Crippen LogP contribution in [0.15, 0.2) is 144 Å². The Labute approximate surface area is 261 Å². The lowest BCUT2D eigenvalue weighted by molar-refractivity contribution is 0.667. The Morgan fingerprint density at radius 2 is 1.24 bits per heavy atom. The molecule has 0 aliphatic rings. The van der Waals surface area contributed by atoms with Crippen LogP contribution in [0.1, 0.15) is 0 Å². The molecule has 0 fully saturated rings. The number of para-hydroxylation sites is 1. The smallest absolute Gasteiger partial charge is 0.180 e. The second-order valence-corrected chi connectivity index (χ2v) is 12.5. The van der Waals surface area contributed by atoms with E-state index in [4.69, 9.17) is 14.4 Å². The molecule has 6 aromatic carbocycles. The van der Waals surface area contributed by atoms with Gasteiger partial charge in [-0.05, 0) is 36.4 Å². The van der Waals surface area contributed by atoms with Crippen molar-refractivity contribution in [3.8, 4) is 28.3 Å². The topological polar surface area (TPSA) is 43.9 Å². The lowest BCUT2D eigenvalue weighted by Gasteiger charge is -2.08. The monoisotopic (exact) mass is 593 g/mol. The summed E-state index contributed by atoms with van der Waals surface area (Å²) < 4.78 is 11.6. The molecule has 10 aromatic rings. The van der Waals surface area contributed by atoms with Gasteiger partial charge < -0.3 is 8.98 Å². The summed E-state index contributed by atoms with van der Waals surface area (Å²) in [6, 6.07) is 48.9. The summed E-state index contributed by atoms with van der Waals surface area (Å²) in [6.07, 6.45) is 0. The highest BCUT2D eigenvalue weighted by Crippen LogP contribution is 2.42. The average molecular weight is 594 g/mol. The van der Waals surface area contributed by atoms with Gasteiger partial charge >= 0.3 is 0 Å². The number of thiophene rings is 1. The van der Waals surface area contributed by atoms with E-state index in [-0.39, 0.29) is 0 Å². The zero-order valence-corrected chi connectivity index (χ0v) is 24.8. The van der Waals surface area contributed by atoms with E-state index in [1.54, 1.807) is 0 Å². The van der Waals surface area contributed by atoms with E-state index < -0.39 is 0 Å². The Morgan fingerprint density at radius 3 is 2.09 bits per heavy atom. The normalized spacial score (nSPS) is 12.0. The maximum absolute atomic E-state index is 6.67. The van der Waals surface area contributed by atoms with E-state index in [1.165, 1.54) is 42.0 Å². The van der Waals surface area contributed by atoms with Crippen LogP contribution in [0.25, 0.3) is 92.4 Å². The van der Waals surface area contributed by atoms with Crippen molar-refractivity contribution in [2.75, 3.05) is 0 Å². The first-order valence-electron chi connectivity index (χ1n) is 15.0. The van der Waals surface area contributed by atoms with Gasteiger partial charge in [-0.2, -0.15) is 0 Å². The first-order chi connectivity index (χ1) is 22.3. The first-order valence-corrected chi connectivity index (χ1v) is 15.8. The molecule has 4 aromatic heterocycles. The van der Waals surface area contributed by atoms with Gasteiger partial charge in [0.1, 0.15) is 16.8 Å². The molecule has 0 saturated carbocycles. The van der Waals surface area contributed by atoms with E-state index in [1.807, 2.05) is 59.9 Å². The maximum atomic E-state index is 6.67. The molecule has 0 aliphatic carbocycles. The SMILES string of the molecule is c1ccc(-c2nc(-c3ccccc3)c3oc4cc(-n5c6ccccc6c6cc7c(cc65)sc5ccccc57)ccc4c3n2)cc1. The highest BCUT2D eigenvalue weighted by Gasteiger charge is 2.20. The van der Waals surface area contributed by atoms with Gasteiger partial charge in [-0.15, -0.1) is 11.3 Å². The number of hydrogen-bond acceptors (Lipinski definition) is 4. The van der Waals surface area contributed by atoms with Crippen LogP contribution >= 0.6 is 11.3 Å². The van der Waals surface area contributed by atoms with E-state index in [0.717, 1.165) is 39.0 Å². The zero-order chi connectivity index (χ0) is 29.5. The summed E-state index contributed by atoms with van der Waals surface area (Å²) in [5.74, 6) is 0.684. The fraction of sp³-hybridized carbons (Fsp3) is 0. The van der Waals surface area contributed by atoms with Crippen LogP contribution in [-0.2, 0) is 0 Å². The number of fused-ring (bicyclic) bond motifs is 9. The van der Waals surface area contributed by atoms with Gasteiger partial charge in [0, 0.05) is 59.2 Å². The zero-order valence-electron chi connectivity index (χ0n) is 23.9. The number of hydrogen-bond donors (Lipinski definition) is 0. The number of nitrogens with zero attached hydrogens (tertiary/aromatic N) is 3. The maximum Gasteiger partial charge on any atom is 0.180 e. The van der Waals surface area contributed by atoms with Crippen LogP contribution in [0.4, 0.5) is 0 Å². The van der Waals surface area contributed by atoms with Gasteiger partial charge in [0.05, 0.1) is 11.0 Å². The predicted molar refractivity (Wildman–Crippen MR) is 187 cm³/mol. The minimum atomic E-state index is 0.684. The average Bonchev–Trinajstić information content (AvgIpc) is 3.76. The molecule has 210 valence electrons. The highest BCUT2D eigenvalue weighted by molar-refractivity contribution is 7.25. The van der Waals surface area contributed by atoms with E-state index in [9.17, 15) is 0 Å². The molecule has 0 spiro atoms. The lowest BCUT2D eigenvalue weighted by atomic mass is 10.1. The van der Waals surface area contributed by atoms with Crippen molar-refractivity contribution >= 4 is 75.4 Å². The third-order valence-corrected chi connectivity index (χ3v) is 9.94. The van der Waals surface area contributed by atoms with Gasteiger partial charge in [-0.3, -0.25) is 0 Å². The Morgan fingerprint density at radius 1 is 0.511 bits per heavy atom. The second-order valence-electron chi connectivity index (χ2n) is 11.4. The standard InChI is InChI=1S/C40H23N3OS/c1-3-11-24(12-4-1)37-39-38(42-40(41-37)25-13-5-2-6-14-25)29-20-19-26(21-34(29)44-39)43-32-17-9-7-15-27(32)30-22-31-28-16-8-10-18-35(28)45-36(31)23-33(30)43/h1-23H. The van der Waals surface area contributed by atoms with Crippen molar-refractivity contribution in [1.82, 2.24) is 14.5 Å². The Hall–Kier alpha value is -5.78. The number of rotatable bonds is 3. The molecule has 0 N–H and O–H groups in total. The number of furan rings is 1. The third-order valence-electron chi connectivity index (χ3n) is 8.81. The second kappa shape index (κ2) is 9.36. The summed E-state index contributed by atoms with van der Waals surface area (Å²) in [4.78, 5) is 10.1. The van der Waals surface area contributed by atoms with E-state index >= 15 is 0 Å². The summed E-state index contributed by atoms with van der Waals surface area (Å²) in [5.41, 5.74) is 8.46. The molecule has 0 bridgehead atoms. The summed E-state index contributed by atoms with van der Waals surface area (Å²) in [6.45, 7) is 0. The van der Waals surface area contributed by atoms with Gasteiger partial charge in [0.2, 0.25) is 0 Å². The Balaban J connectivity index is 1.25. The fourth-order valence-electron chi connectivity index (χ4n) is 6.74. The van der Waals surface area contributed by atoms with Crippen molar-refractivity contribution in [2.45, 2.75) is 0 Å². The van der Waals surface area contributed by atoms with Crippen LogP contribution in [-0.4, -0.2) is 14.5 Å². The summed E-state index contributed by atoms with van der Waals surface area (Å²) in [7, 11) is 0. The lowest BCUT2D eigenvalue weighted by Crippen LogP contribution is -1.94. The quantitative estimate of drug-likeness (QED) is 0.205. The molecule has 10 rings (SSSR count). The molecule has 4 nitrogen and oxygen atoms in total. The molecule has 0 aliphatic heterocycles. The van der Waals surface area contributed by atoms with Gasteiger partial charge in [0.25, 0.3) is 0 Å². The molecule has 0 atom stereocenters. The molecule has 45 heavy (non-hydrogen) atoms. The van der Waals surface area contributed by atoms with Crippen molar-refractivity contribution in [2.24, 2.45) is 0 Å². The van der Waals surface area contributed by atoms with Crippen molar-refractivity contribution in [3.05, 3.63) is 140 Å². The van der Waals surface area contributed by atoms with E-state index in [0.29, 0.717) is 11.4 Å². The predicted octanol–water partition coefficient (Wildman–Crippen LogP) is 11.2.